The normalized spacial score (nSPS) is 12.6. The average Bonchev–Trinajstić information content (AvgIpc) is 2.97. The van der Waals surface area contributed by atoms with Crippen LogP contribution < -0.4 is 21.3 Å². The van der Waals surface area contributed by atoms with Crippen LogP contribution in [0.15, 0.2) is 33.9 Å². The van der Waals surface area contributed by atoms with Crippen molar-refractivity contribution in [3.63, 3.8) is 0 Å². The Labute approximate surface area is 125 Å². The molecule has 7 heteroatoms. The van der Waals surface area contributed by atoms with Gasteiger partial charge in [-0.25, -0.2) is 4.79 Å². The summed E-state index contributed by atoms with van der Waals surface area (Å²) in [7, 11) is 2.88. The van der Waals surface area contributed by atoms with Crippen LogP contribution in [0.25, 0.3) is 0 Å². The maximum Gasteiger partial charge on any atom is 0.332 e. The number of fused-ring (bicyclic) bond motifs is 1. The van der Waals surface area contributed by atoms with Crippen LogP contribution in [-0.2, 0) is 20.5 Å². The number of nitrogens with zero attached hydrogens (tertiary/aromatic N) is 2. The molecule has 1 aliphatic rings. The first kappa shape index (κ1) is 14.1. The number of hydrogen-bond acceptors (Lipinski definition) is 4. The highest BCUT2D eigenvalue weighted by Crippen LogP contribution is 2.26. The van der Waals surface area contributed by atoms with E-state index in [1.807, 2.05) is 0 Å². The summed E-state index contributed by atoms with van der Waals surface area (Å²) >= 11 is 0. The van der Waals surface area contributed by atoms with E-state index in [0.717, 1.165) is 22.3 Å². The molecule has 0 radical (unpaired) electrons. The average molecular weight is 301 g/mol. The summed E-state index contributed by atoms with van der Waals surface area (Å²) in [5, 5.41) is 2.60. The fourth-order valence-corrected chi connectivity index (χ4v) is 2.37. The molecule has 22 heavy (non-hydrogen) atoms. The van der Waals surface area contributed by atoms with E-state index in [1.54, 1.807) is 18.2 Å². The summed E-state index contributed by atoms with van der Waals surface area (Å²) in [5.74, 6) is 0.574. The molecule has 0 atom stereocenters. The fraction of sp³-hybridized carbons (Fsp3) is 0.267. The number of hydrogen-bond donors (Lipinski definition) is 1. The highest BCUT2D eigenvalue weighted by Gasteiger charge is 2.16. The largest absolute Gasteiger partial charge is 0.493 e. The summed E-state index contributed by atoms with van der Waals surface area (Å²) in [5.41, 5.74) is 0.466. The molecular formula is C15H15N3O4. The van der Waals surface area contributed by atoms with Gasteiger partial charge in [0.2, 0.25) is 0 Å². The first-order valence-electron chi connectivity index (χ1n) is 6.81. The fourth-order valence-electron chi connectivity index (χ4n) is 2.37. The second-order valence-electron chi connectivity index (χ2n) is 5.14. The third-order valence-electron chi connectivity index (χ3n) is 3.72. The molecule has 1 N–H and O–H groups in total. The van der Waals surface area contributed by atoms with E-state index in [0.29, 0.717) is 12.2 Å². The molecule has 2 heterocycles. The van der Waals surface area contributed by atoms with Gasteiger partial charge in [-0.15, -0.1) is 0 Å². The Balaban J connectivity index is 1.92. The molecule has 0 fully saturated rings. The third kappa shape index (κ3) is 2.30. The number of carbonyl (C=O) groups is 1. The first-order valence-corrected chi connectivity index (χ1v) is 6.81. The number of amides is 1. The Morgan fingerprint density at radius 3 is 2.73 bits per heavy atom. The third-order valence-corrected chi connectivity index (χ3v) is 3.72. The highest BCUT2D eigenvalue weighted by atomic mass is 16.5. The van der Waals surface area contributed by atoms with Crippen LogP contribution in [0.1, 0.15) is 15.9 Å². The maximum atomic E-state index is 12.3. The van der Waals surface area contributed by atoms with Crippen LogP contribution in [0.5, 0.6) is 5.75 Å². The number of benzene rings is 1. The van der Waals surface area contributed by atoms with E-state index in [4.69, 9.17) is 4.74 Å². The van der Waals surface area contributed by atoms with Crippen molar-refractivity contribution in [2.75, 3.05) is 11.9 Å². The Hall–Kier alpha value is -2.83. The van der Waals surface area contributed by atoms with E-state index < -0.39 is 11.2 Å². The Kier molecular flexibility index (Phi) is 3.32. The van der Waals surface area contributed by atoms with Crippen LogP contribution in [0.4, 0.5) is 5.82 Å². The summed E-state index contributed by atoms with van der Waals surface area (Å²) in [6.07, 6.45) is 0.765. The van der Waals surface area contributed by atoms with Crippen molar-refractivity contribution in [1.82, 2.24) is 9.13 Å². The second kappa shape index (κ2) is 5.18. The predicted molar refractivity (Wildman–Crippen MR) is 80.5 cm³/mol. The molecule has 1 aromatic heterocycles. The highest BCUT2D eigenvalue weighted by molar-refractivity contribution is 6.04. The van der Waals surface area contributed by atoms with Crippen LogP contribution in [0, 0.1) is 0 Å². The van der Waals surface area contributed by atoms with Gasteiger partial charge in [-0.2, -0.15) is 0 Å². The minimum Gasteiger partial charge on any atom is -0.493 e. The van der Waals surface area contributed by atoms with Crippen LogP contribution in [0.3, 0.4) is 0 Å². The molecule has 0 unspecified atom stereocenters. The van der Waals surface area contributed by atoms with Gasteiger partial charge >= 0.3 is 5.69 Å². The van der Waals surface area contributed by atoms with Crippen LogP contribution in [0.2, 0.25) is 0 Å². The van der Waals surface area contributed by atoms with Gasteiger partial charge in [-0.1, -0.05) is 0 Å². The SMILES string of the molecule is Cn1c(NC(=O)c2ccc3c(c2)CCO3)cc(=O)n(C)c1=O. The second-order valence-corrected chi connectivity index (χ2v) is 5.14. The number of ether oxygens (including phenoxy) is 1. The quantitative estimate of drug-likeness (QED) is 0.863. The number of rotatable bonds is 2. The first-order chi connectivity index (χ1) is 10.5. The van der Waals surface area contributed by atoms with Gasteiger partial charge < -0.3 is 10.1 Å². The molecule has 0 aliphatic carbocycles. The minimum absolute atomic E-state index is 0.162. The molecule has 0 saturated heterocycles. The van der Waals surface area contributed by atoms with Gasteiger partial charge in [0.05, 0.1) is 6.61 Å². The molecule has 114 valence electrons. The molecule has 1 aromatic carbocycles. The Bertz CT molecular complexity index is 879. The van der Waals surface area contributed by atoms with E-state index in [9.17, 15) is 14.4 Å². The predicted octanol–water partition coefficient (Wildman–Crippen LogP) is 0.271. The zero-order valence-electron chi connectivity index (χ0n) is 12.3. The number of anilines is 1. The molecule has 1 amide bonds. The Morgan fingerprint density at radius 2 is 1.95 bits per heavy atom. The lowest BCUT2D eigenvalue weighted by Gasteiger charge is -2.11. The smallest absolute Gasteiger partial charge is 0.332 e. The molecule has 0 bridgehead atoms. The van der Waals surface area contributed by atoms with Crippen molar-refractivity contribution >= 4 is 11.7 Å². The zero-order valence-corrected chi connectivity index (χ0v) is 12.3. The van der Waals surface area contributed by atoms with Crippen molar-refractivity contribution in [3.05, 3.63) is 56.2 Å². The lowest BCUT2D eigenvalue weighted by Crippen LogP contribution is -2.38. The minimum atomic E-state index is -0.495. The Morgan fingerprint density at radius 1 is 1.18 bits per heavy atom. The molecule has 7 nitrogen and oxygen atoms in total. The molecule has 0 spiro atoms. The van der Waals surface area contributed by atoms with Gasteiger partial charge in [0.25, 0.3) is 11.5 Å². The van der Waals surface area contributed by atoms with E-state index in [2.05, 4.69) is 5.32 Å². The van der Waals surface area contributed by atoms with Crippen molar-refractivity contribution in [2.45, 2.75) is 6.42 Å². The number of aromatic nitrogens is 2. The topological polar surface area (TPSA) is 82.3 Å². The molecule has 3 rings (SSSR count). The monoisotopic (exact) mass is 301 g/mol. The van der Waals surface area contributed by atoms with Crippen molar-refractivity contribution in [2.24, 2.45) is 14.1 Å². The van der Waals surface area contributed by atoms with Crippen molar-refractivity contribution < 1.29 is 9.53 Å². The van der Waals surface area contributed by atoms with Crippen LogP contribution in [-0.4, -0.2) is 21.6 Å². The van der Waals surface area contributed by atoms with Crippen LogP contribution >= 0.6 is 0 Å². The lowest BCUT2D eigenvalue weighted by molar-refractivity contribution is 0.102. The summed E-state index contributed by atoms with van der Waals surface area (Å²) in [4.78, 5) is 35.8. The summed E-state index contributed by atoms with van der Waals surface area (Å²) in [6.45, 7) is 0.615. The van der Waals surface area contributed by atoms with E-state index in [1.165, 1.54) is 24.7 Å². The van der Waals surface area contributed by atoms with E-state index in [-0.39, 0.29) is 11.7 Å². The van der Waals surface area contributed by atoms with Gasteiger partial charge in [-0.3, -0.25) is 18.7 Å². The van der Waals surface area contributed by atoms with Crippen molar-refractivity contribution in [1.29, 1.82) is 0 Å². The van der Waals surface area contributed by atoms with Gasteiger partial charge in [0.15, 0.2) is 0 Å². The van der Waals surface area contributed by atoms with Gasteiger partial charge in [0, 0.05) is 32.1 Å². The molecular weight excluding hydrogens is 286 g/mol. The molecule has 0 saturated carbocycles. The van der Waals surface area contributed by atoms with Gasteiger partial charge in [-0.05, 0) is 23.8 Å². The van der Waals surface area contributed by atoms with Gasteiger partial charge in [0.1, 0.15) is 11.6 Å². The van der Waals surface area contributed by atoms with E-state index >= 15 is 0 Å². The molecule has 2 aromatic rings. The summed E-state index contributed by atoms with van der Waals surface area (Å²) in [6, 6.07) is 6.38. The number of nitrogens with one attached hydrogen (secondary N) is 1. The molecule has 1 aliphatic heterocycles. The lowest BCUT2D eigenvalue weighted by atomic mass is 10.1. The maximum absolute atomic E-state index is 12.3. The standard InChI is InChI=1S/C15H15N3O4/c1-17-12(8-13(19)18(2)15(17)21)16-14(20)10-3-4-11-9(7-10)5-6-22-11/h3-4,7-8H,5-6H2,1-2H3,(H,16,20). The number of carbonyl (C=O) groups excluding carboxylic acids is 1. The zero-order chi connectivity index (χ0) is 15.9. The summed E-state index contributed by atoms with van der Waals surface area (Å²) < 4.78 is 7.59. The van der Waals surface area contributed by atoms with Crippen molar-refractivity contribution in [3.8, 4) is 5.75 Å².